The van der Waals surface area contributed by atoms with Crippen molar-refractivity contribution >= 4 is 39.4 Å². The lowest BCUT2D eigenvalue weighted by Gasteiger charge is -2.11. The number of nitrogens with one attached hydrogen (secondary N) is 1. The summed E-state index contributed by atoms with van der Waals surface area (Å²) in [6.45, 7) is 0. The Kier molecular flexibility index (Phi) is 5.47. The Morgan fingerprint density at radius 2 is 1.62 bits per heavy atom. The Labute approximate surface area is 142 Å². The smallest absolute Gasteiger partial charge is 0.335 e. The maximum atomic E-state index is 12.5. The zero-order chi connectivity index (χ0) is 17.7. The Bertz CT molecular complexity index is 862. The summed E-state index contributed by atoms with van der Waals surface area (Å²) in [6.07, 6.45) is 0. The van der Waals surface area contributed by atoms with Gasteiger partial charge in [-0.2, -0.15) is 0 Å². The molecule has 126 valence electrons. The first kappa shape index (κ1) is 17.8. The third-order valence-electron chi connectivity index (χ3n) is 2.87. The number of aliphatic carboxylic acids is 1. The van der Waals surface area contributed by atoms with Gasteiger partial charge in [0.2, 0.25) is 0 Å². The van der Waals surface area contributed by atoms with Crippen LogP contribution in [0.15, 0.2) is 58.3 Å². The average Bonchev–Trinajstić information content (AvgIpc) is 2.53. The molecule has 0 radical (unpaired) electrons. The minimum absolute atomic E-state index is 0.0374. The predicted octanol–water partition coefficient (Wildman–Crippen LogP) is 2.36. The average molecular weight is 367 g/mol. The van der Waals surface area contributed by atoms with Gasteiger partial charge in [0.25, 0.3) is 10.0 Å². The van der Waals surface area contributed by atoms with Gasteiger partial charge in [0.05, 0.1) is 11.3 Å². The molecule has 9 heteroatoms. The largest absolute Gasteiger partial charge is 0.481 e. The second-order valence-electron chi connectivity index (χ2n) is 4.62. The van der Waals surface area contributed by atoms with Gasteiger partial charge in [-0.3, -0.25) is 9.52 Å². The van der Waals surface area contributed by atoms with Crippen LogP contribution in [0.2, 0.25) is 0 Å². The van der Waals surface area contributed by atoms with Crippen LogP contribution in [-0.4, -0.2) is 36.3 Å². The number of rotatable bonds is 7. The van der Waals surface area contributed by atoms with Crippen LogP contribution in [0.4, 0.5) is 5.69 Å². The number of sulfonamides is 1. The van der Waals surface area contributed by atoms with Gasteiger partial charge in [-0.05, 0) is 36.4 Å². The number of carboxylic acids is 2. The quantitative estimate of drug-likeness (QED) is 0.642. The minimum Gasteiger partial charge on any atom is -0.481 e. The van der Waals surface area contributed by atoms with E-state index in [0.717, 1.165) is 11.8 Å². The number of hydrogen-bond acceptors (Lipinski definition) is 5. The summed E-state index contributed by atoms with van der Waals surface area (Å²) >= 11 is 0.903. The topological polar surface area (TPSA) is 121 Å². The highest BCUT2D eigenvalue weighted by Crippen LogP contribution is 2.28. The Morgan fingerprint density at radius 1 is 1.00 bits per heavy atom. The molecular formula is C15H13NO6S2. The number of carbonyl (C=O) groups is 2. The number of thioether (sulfide) groups is 1. The van der Waals surface area contributed by atoms with E-state index < -0.39 is 22.0 Å². The van der Waals surface area contributed by atoms with Crippen molar-refractivity contribution in [1.29, 1.82) is 0 Å². The fraction of sp³-hybridized carbons (Fsp3) is 0.0667. The Morgan fingerprint density at radius 3 is 2.21 bits per heavy atom. The molecule has 0 saturated carbocycles. The number of aromatic carboxylic acids is 1. The third kappa shape index (κ3) is 4.49. The molecule has 0 atom stereocenters. The van der Waals surface area contributed by atoms with E-state index >= 15 is 0 Å². The van der Waals surface area contributed by atoms with Crippen molar-refractivity contribution in [2.75, 3.05) is 10.5 Å². The molecule has 0 aliphatic heterocycles. The van der Waals surface area contributed by atoms with Crippen molar-refractivity contribution in [3.8, 4) is 0 Å². The lowest BCUT2D eigenvalue weighted by molar-refractivity contribution is -0.133. The fourth-order valence-corrected chi connectivity index (χ4v) is 4.14. The third-order valence-corrected chi connectivity index (χ3v) is 5.50. The van der Waals surface area contributed by atoms with E-state index in [9.17, 15) is 18.0 Å². The predicted molar refractivity (Wildman–Crippen MR) is 89.0 cm³/mol. The first-order valence-corrected chi connectivity index (χ1v) is 9.06. The van der Waals surface area contributed by atoms with Crippen LogP contribution in [0.5, 0.6) is 0 Å². The first-order valence-electron chi connectivity index (χ1n) is 6.59. The van der Waals surface area contributed by atoms with Crippen LogP contribution < -0.4 is 4.72 Å². The molecular weight excluding hydrogens is 354 g/mol. The molecule has 2 aromatic rings. The van der Waals surface area contributed by atoms with E-state index in [1.54, 1.807) is 6.07 Å². The van der Waals surface area contributed by atoms with Crippen molar-refractivity contribution in [3.63, 3.8) is 0 Å². The zero-order valence-corrected chi connectivity index (χ0v) is 13.8. The molecule has 0 amide bonds. The van der Waals surface area contributed by atoms with E-state index in [1.165, 1.54) is 42.5 Å². The molecule has 7 nitrogen and oxygen atoms in total. The summed E-state index contributed by atoms with van der Waals surface area (Å²) < 4.78 is 27.3. The molecule has 24 heavy (non-hydrogen) atoms. The Balaban J connectivity index is 2.27. The van der Waals surface area contributed by atoms with Crippen LogP contribution in [0.3, 0.4) is 0 Å². The van der Waals surface area contributed by atoms with Crippen LogP contribution in [-0.2, 0) is 14.8 Å². The SMILES string of the molecule is O=C(O)CSc1ccccc1S(=O)(=O)Nc1ccc(C(=O)O)cc1. The number of carboxylic acid groups (broad SMARTS) is 2. The van der Waals surface area contributed by atoms with E-state index in [4.69, 9.17) is 10.2 Å². The lowest BCUT2D eigenvalue weighted by Crippen LogP contribution is -2.14. The monoisotopic (exact) mass is 367 g/mol. The van der Waals surface area contributed by atoms with Crippen molar-refractivity contribution in [1.82, 2.24) is 0 Å². The van der Waals surface area contributed by atoms with Crippen molar-refractivity contribution in [2.24, 2.45) is 0 Å². The number of anilines is 1. The second-order valence-corrected chi connectivity index (χ2v) is 7.29. The number of benzene rings is 2. The van der Waals surface area contributed by atoms with Gasteiger partial charge in [-0.25, -0.2) is 13.2 Å². The molecule has 2 rings (SSSR count). The van der Waals surface area contributed by atoms with Crippen molar-refractivity contribution < 1.29 is 28.2 Å². The summed E-state index contributed by atoms with van der Waals surface area (Å²) in [4.78, 5) is 21.8. The van der Waals surface area contributed by atoms with E-state index in [0.29, 0.717) is 4.90 Å². The maximum Gasteiger partial charge on any atom is 0.335 e. The molecule has 0 unspecified atom stereocenters. The summed E-state index contributed by atoms with van der Waals surface area (Å²) in [5.41, 5.74) is 0.244. The van der Waals surface area contributed by atoms with Gasteiger partial charge in [0.1, 0.15) is 4.90 Å². The normalized spacial score (nSPS) is 11.0. The van der Waals surface area contributed by atoms with Gasteiger partial charge in [-0.1, -0.05) is 12.1 Å². The molecule has 2 aromatic carbocycles. The van der Waals surface area contributed by atoms with E-state index in [1.807, 2.05) is 0 Å². The Hall–Kier alpha value is -2.52. The number of hydrogen-bond donors (Lipinski definition) is 3. The standard InChI is InChI=1S/C15H13NO6S2/c17-14(18)9-23-12-3-1-2-4-13(12)24(21,22)16-11-7-5-10(6-8-11)15(19)20/h1-8,16H,9H2,(H,17,18)(H,19,20). The molecule has 0 heterocycles. The van der Waals surface area contributed by atoms with Crippen LogP contribution >= 0.6 is 11.8 Å². The van der Waals surface area contributed by atoms with Crippen molar-refractivity contribution in [3.05, 3.63) is 54.1 Å². The molecule has 0 bridgehead atoms. The van der Waals surface area contributed by atoms with Crippen LogP contribution in [0, 0.1) is 0 Å². The molecule has 0 spiro atoms. The van der Waals surface area contributed by atoms with Crippen LogP contribution in [0.1, 0.15) is 10.4 Å². The van der Waals surface area contributed by atoms with Crippen LogP contribution in [0.25, 0.3) is 0 Å². The van der Waals surface area contributed by atoms with Gasteiger partial charge >= 0.3 is 11.9 Å². The minimum atomic E-state index is -3.94. The summed E-state index contributed by atoms with van der Waals surface area (Å²) in [6, 6.07) is 11.3. The lowest BCUT2D eigenvalue weighted by atomic mass is 10.2. The maximum absolute atomic E-state index is 12.5. The van der Waals surface area contributed by atoms with E-state index in [2.05, 4.69) is 4.72 Å². The van der Waals surface area contributed by atoms with E-state index in [-0.39, 0.29) is 21.9 Å². The molecule has 0 aromatic heterocycles. The second kappa shape index (κ2) is 7.37. The highest BCUT2D eigenvalue weighted by molar-refractivity contribution is 8.01. The van der Waals surface area contributed by atoms with Gasteiger partial charge in [0, 0.05) is 10.6 Å². The highest BCUT2D eigenvalue weighted by atomic mass is 32.2. The van der Waals surface area contributed by atoms with Gasteiger partial charge < -0.3 is 10.2 Å². The van der Waals surface area contributed by atoms with Gasteiger partial charge in [0.15, 0.2) is 0 Å². The molecule has 0 saturated heterocycles. The first-order chi connectivity index (χ1) is 11.3. The fourth-order valence-electron chi connectivity index (χ4n) is 1.82. The zero-order valence-electron chi connectivity index (χ0n) is 12.2. The molecule has 3 N–H and O–H groups in total. The summed E-state index contributed by atoms with van der Waals surface area (Å²) in [5.74, 6) is -2.43. The molecule has 0 aliphatic rings. The summed E-state index contributed by atoms with van der Waals surface area (Å²) in [5, 5.41) is 17.6. The van der Waals surface area contributed by atoms with Gasteiger partial charge in [-0.15, -0.1) is 11.8 Å². The van der Waals surface area contributed by atoms with Crippen molar-refractivity contribution in [2.45, 2.75) is 9.79 Å². The molecule has 0 fully saturated rings. The summed E-state index contributed by atoms with van der Waals surface area (Å²) in [7, 11) is -3.94. The highest BCUT2D eigenvalue weighted by Gasteiger charge is 2.19. The molecule has 0 aliphatic carbocycles.